The normalized spacial score (nSPS) is 12.8. The number of methoxy groups -OCH3 is 1. The van der Waals surface area contributed by atoms with E-state index in [1.54, 1.807) is 30.4 Å². The fraction of sp³-hybridized carbons (Fsp3) is 0.297. The van der Waals surface area contributed by atoms with Gasteiger partial charge in [-0.2, -0.15) is 0 Å². The molecular formula is C37H38O11S. The van der Waals surface area contributed by atoms with Crippen molar-refractivity contribution in [3.63, 3.8) is 0 Å². The van der Waals surface area contributed by atoms with E-state index >= 15 is 0 Å². The van der Waals surface area contributed by atoms with Crippen molar-refractivity contribution in [1.82, 2.24) is 0 Å². The zero-order valence-corrected chi connectivity index (χ0v) is 28.2. The Balaban J connectivity index is 1.41. The number of phenols is 1. The second-order valence-electron chi connectivity index (χ2n) is 11.1. The quantitative estimate of drug-likeness (QED) is 0.0332. The summed E-state index contributed by atoms with van der Waals surface area (Å²) in [6.45, 7) is 3.86. The Labute approximate surface area is 286 Å². The van der Waals surface area contributed by atoms with Gasteiger partial charge in [-0.25, -0.2) is 9.59 Å². The van der Waals surface area contributed by atoms with E-state index < -0.39 is 34.5 Å². The Morgan fingerprint density at radius 3 is 2.51 bits per heavy atom. The number of carboxylic acids is 1. The summed E-state index contributed by atoms with van der Waals surface area (Å²) >= 11 is 1.22. The van der Waals surface area contributed by atoms with Gasteiger partial charge in [0.1, 0.15) is 28.9 Å². The van der Waals surface area contributed by atoms with E-state index in [-0.39, 0.29) is 39.6 Å². The first-order chi connectivity index (χ1) is 23.5. The molecule has 0 aliphatic carbocycles. The van der Waals surface area contributed by atoms with Crippen molar-refractivity contribution in [2.24, 2.45) is 0 Å². The minimum absolute atomic E-state index is 0.0151. The highest BCUT2D eigenvalue weighted by Crippen LogP contribution is 2.36. The number of ether oxygens (including phenoxy) is 2. The number of ketones is 1. The predicted octanol–water partition coefficient (Wildman–Crippen LogP) is 7.29. The molecule has 258 valence electrons. The molecule has 0 unspecified atom stereocenters. The summed E-state index contributed by atoms with van der Waals surface area (Å²) in [4.78, 5) is 48.1. The molecule has 0 aliphatic rings. The van der Waals surface area contributed by atoms with Crippen LogP contribution in [0.4, 0.5) is 0 Å². The molecule has 3 N–H and O–H groups in total. The van der Waals surface area contributed by atoms with Crippen LogP contribution in [0.15, 0.2) is 91.4 Å². The van der Waals surface area contributed by atoms with Gasteiger partial charge in [0.05, 0.1) is 29.9 Å². The van der Waals surface area contributed by atoms with Gasteiger partial charge < -0.3 is 33.6 Å². The van der Waals surface area contributed by atoms with E-state index in [4.69, 9.17) is 18.3 Å². The number of benzene rings is 2. The molecule has 0 fully saturated rings. The van der Waals surface area contributed by atoms with Crippen LogP contribution >= 0.6 is 11.8 Å². The standard InChI is InChI=1S/C37H38O11S/c1-4-11-26-28(16-15-24(22(2)38)34(26)40)46-19-10-8-6-5-7-9-12-33(35(41)29-17-18-30(47-29)37(44)45-3)49-23-13-14-25-27(39)21-32(36(42)43)48-31(25)20-23/h5,7,9,12-18,20-21,33,35,40-41H,4,6,8,10-11,19H2,1-3H3,(H,42,43)/b7-5-,12-9+/t33-,35+/m0/s1. The molecule has 11 nitrogen and oxygen atoms in total. The number of hydrogen-bond acceptors (Lipinski definition) is 11. The number of aromatic hydroxyl groups is 1. The van der Waals surface area contributed by atoms with Gasteiger partial charge in [-0.15, -0.1) is 11.8 Å². The second kappa shape index (κ2) is 17.4. The molecule has 49 heavy (non-hydrogen) atoms. The Morgan fingerprint density at radius 1 is 1.00 bits per heavy atom. The molecule has 0 aliphatic heterocycles. The number of rotatable bonds is 17. The van der Waals surface area contributed by atoms with Crippen LogP contribution in [0.2, 0.25) is 0 Å². The number of unbranched alkanes of at least 4 members (excludes halogenated alkanes) is 2. The second-order valence-corrected chi connectivity index (χ2v) is 12.3. The van der Waals surface area contributed by atoms with Crippen molar-refractivity contribution >= 4 is 40.5 Å². The van der Waals surface area contributed by atoms with Crippen molar-refractivity contribution < 1.29 is 48.0 Å². The highest BCUT2D eigenvalue weighted by molar-refractivity contribution is 8.00. The third-order valence-corrected chi connectivity index (χ3v) is 8.70. The van der Waals surface area contributed by atoms with Gasteiger partial charge in [0.2, 0.25) is 11.5 Å². The summed E-state index contributed by atoms with van der Waals surface area (Å²) in [5, 5.41) is 30.7. The van der Waals surface area contributed by atoms with Crippen LogP contribution in [0.25, 0.3) is 11.0 Å². The van der Waals surface area contributed by atoms with E-state index in [0.29, 0.717) is 29.2 Å². The van der Waals surface area contributed by atoms with E-state index in [1.807, 2.05) is 19.1 Å². The lowest BCUT2D eigenvalue weighted by molar-refractivity contribution is 0.0554. The number of aliphatic hydroxyl groups excluding tert-OH is 1. The monoisotopic (exact) mass is 690 g/mol. The lowest BCUT2D eigenvalue weighted by Gasteiger charge is -2.18. The number of aromatic carboxylic acids is 1. The van der Waals surface area contributed by atoms with Crippen molar-refractivity contribution in [2.45, 2.75) is 62.2 Å². The summed E-state index contributed by atoms with van der Waals surface area (Å²) in [5.41, 5.74) is 0.535. The number of carbonyl (C=O) groups is 3. The minimum Gasteiger partial charge on any atom is -0.507 e. The average Bonchev–Trinajstić information content (AvgIpc) is 3.58. The maximum Gasteiger partial charge on any atom is 0.373 e. The molecule has 0 amide bonds. The number of phenolic OH excluding ortho intramolecular Hbond substituents is 1. The molecule has 4 aromatic rings. The summed E-state index contributed by atoms with van der Waals surface area (Å²) in [6.07, 6.45) is 9.90. The number of esters is 1. The molecule has 4 rings (SSSR count). The molecule has 12 heteroatoms. The Kier molecular flexibility index (Phi) is 13.0. The number of carbonyl (C=O) groups excluding carboxylic acids is 2. The SMILES string of the molecule is CCCc1c(OCCCC/C=C\C=C\[C@H](Sc2ccc3c(=O)cc(C(=O)O)oc3c2)[C@H](O)c2ccc(C(=O)OC)o2)ccc(C(C)=O)c1O. The molecule has 0 bridgehead atoms. The molecule has 0 radical (unpaired) electrons. The molecule has 2 aromatic heterocycles. The van der Waals surface area contributed by atoms with Crippen molar-refractivity contribution in [3.8, 4) is 11.5 Å². The zero-order chi connectivity index (χ0) is 35.5. The van der Waals surface area contributed by atoms with Crippen LogP contribution in [-0.4, -0.2) is 52.0 Å². The summed E-state index contributed by atoms with van der Waals surface area (Å²) < 4.78 is 21.6. The maximum atomic E-state index is 12.4. The number of Topliss-reactive ketones (excluding diaryl/α,β-unsaturated/α-hetero) is 1. The van der Waals surface area contributed by atoms with E-state index in [2.05, 4.69) is 0 Å². The third kappa shape index (κ3) is 9.52. The molecule has 2 heterocycles. The minimum atomic E-state index is -1.37. The highest BCUT2D eigenvalue weighted by Gasteiger charge is 2.25. The molecule has 0 spiro atoms. The number of hydrogen-bond donors (Lipinski definition) is 3. The molecule has 2 aromatic carbocycles. The molecule has 0 saturated carbocycles. The van der Waals surface area contributed by atoms with Gasteiger partial charge in [0.15, 0.2) is 11.2 Å². The Morgan fingerprint density at radius 2 is 1.80 bits per heavy atom. The van der Waals surface area contributed by atoms with E-state index in [1.165, 1.54) is 50.1 Å². The Bertz CT molecular complexity index is 1920. The van der Waals surface area contributed by atoms with Crippen molar-refractivity contribution in [1.29, 1.82) is 0 Å². The first kappa shape index (κ1) is 36.8. The van der Waals surface area contributed by atoms with E-state index in [9.17, 15) is 34.5 Å². The first-order valence-electron chi connectivity index (χ1n) is 15.7. The summed E-state index contributed by atoms with van der Waals surface area (Å²) in [5.74, 6) is -2.09. The van der Waals surface area contributed by atoms with Gasteiger partial charge >= 0.3 is 11.9 Å². The number of allylic oxidation sites excluding steroid dienone is 3. The Hall–Kier alpha value is -5.07. The fourth-order valence-corrected chi connectivity index (χ4v) is 6.06. The van der Waals surface area contributed by atoms with Gasteiger partial charge in [-0.3, -0.25) is 9.59 Å². The smallest absolute Gasteiger partial charge is 0.373 e. The van der Waals surface area contributed by atoms with Gasteiger partial charge in [-0.05, 0) is 75.1 Å². The third-order valence-electron chi connectivity index (χ3n) is 7.49. The molecular weight excluding hydrogens is 652 g/mol. The first-order valence-corrected chi connectivity index (χ1v) is 16.6. The number of furan rings is 1. The topological polar surface area (TPSA) is 174 Å². The van der Waals surface area contributed by atoms with Crippen LogP contribution in [-0.2, 0) is 11.2 Å². The van der Waals surface area contributed by atoms with E-state index in [0.717, 1.165) is 31.7 Å². The maximum absolute atomic E-state index is 12.4. The number of fused-ring (bicyclic) bond motifs is 1. The van der Waals surface area contributed by atoms with Gasteiger partial charge in [0.25, 0.3) is 0 Å². The van der Waals surface area contributed by atoms with Gasteiger partial charge in [-0.1, -0.05) is 37.6 Å². The van der Waals surface area contributed by atoms with Gasteiger partial charge in [0, 0.05) is 16.5 Å². The number of aliphatic hydroxyl groups is 1. The van der Waals surface area contributed by atoms with Crippen LogP contribution in [0.1, 0.15) is 88.4 Å². The average molecular weight is 691 g/mol. The van der Waals surface area contributed by atoms with Crippen molar-refractivity contribution in [3.05, 3.63) is 111 Å². The van der Waals surface area contributed by atoms with Crippen LogP contribution in [0.5, 0.6) is 11.5 Å². The molecule has 2 atom stereocenters. The number of thioether (sulfide) groups is 1. The predicted molar refractivity (Wildman–Crippen MR) is 184 cm³/mol. The number of carboxylic acid groups (broad SMARTS) is 1. The van der Waals surface area contributed by atoms with Crippen molar-refractivity contribution in [2.75, 3.05) is 13.7 Å². The van der Waals surface area contributed by atoms with Crippen LogP contribution in [0, 0.1) is 0 Å². The summed E-state index contributed by atoms with van der Waals surface area (Å²) in [7, 11) is 1.22. The zero-order valence-electron chi connectivity index (χ0n) is 27.3. The molecule has 0 saturated heterocycles. The van der Waals surface area contributed by atoms with Crippen LogP contribution in [0.3, 0.4) is 0 Å². The summed E-state index contributed by atoms with van der Waals surface area (Å²) in [6, 6.07) is 11.9. The lowest BCUT2D eigenvalue weighted by Crippen LogP contribution is -2.12. The fourth-order valence-electron chi connectivity index (χ4n) is 4.99. The lowest BCUT2D eigenvalue weighted by atomic mass is 10.0. The van der Waals surface area contributed by atoms with Crippen LogP contribution < -0.4 is 10.2 Å². The largest absolute Gasteiger partial charge is 0.507 e. The highest BCUT2D eigenvalue weighted by atomic mass is 32.2.